The van der Waals surface area contributed by atoms with Crippen LogP contribution in [0.25, 0.3) is 0 Å². The van der Waals surface area contributed by atoms with Gasteiger partial charge in [-0.15, -0.1) is 0 Å². The minimum atomic E-state index is -4.12. The summed E-state index contributed by atoms with van der Waals surface area (Å²) >= 11 is 0. The molecular weight excluding hydrogens is 526 g/mol. The molecule has 3 rings (SSSR count). The first-order chi connectivity index (χ1) is 18.9. The summed E-state index contributed by atoms with van der Waals surface area (Å²) in [5, 5.41) is 2.98. The summed E-state index contributed by atoms with van der Waals surface area (Å²) in [6.45, 7) is 9.10. The van der Waals surface area contributed by atoms with Crippen LogP contribution in [-0.2, 0) is 26.2 Å². The zero-order valence-electron chi connectivity index (χ0n) is 24.0. The molecule has 9 heteroatoms. The van der Waals surface area contributed by atoms with Gasteiger partial charge in [-0.05, 0) is 76.1 Å². The van der Waals surface area contributed by atoms with Crippen LogP contribution in [0.2, 0.25) is 0 Å². The SMILES string of the molecule is CC[C@@H](C(=O)NC(C)(C)C)N(Cc1ccc(C)cc1)C(=O)CN(c1ccc(OC)cc1)S(=O)(=O)c1ccccc1. The molecule has 0 aliphatic carbocycles. The molecule has 214 valence electrons. The molecule has 0 spiro atoms. The van der Waals surface area contributed by atoms with Crippen molar-refractivity contribution < 1.29 is 22.7 Å². The van der Waals surface area contributed by atoms with E-state index in [1.807, 2.05) is 58.9 Å². The van der Waals surface area contributed by atoms with E-state index in [9.17, 15) is 18.0 Å². The number of hydrogen-bond donors (Lipinski definition) is 1. The van der Waals surface area contributed by atoms with E-state index in [4.69, 9.17) is 4.74 Å². The molecule has 0 radical (unpaired) electrons. The fraction of sp³-hybridized carbons (Fsp3) is 0.355. The number of sulfonamides is 1. The molecule has 3 aromatic rings. The molecule has 8 nitrogen and oxygen atoms in total. The topological polar surface area (TPSA) is 96.0 Å². The van der Waals surface area contributed by atoms with Crippen molar-refractivity contribution >= 4 is 27.5 Å². The molecular formula is C31H39N3O5S. The highest BCUT2D eigenvalue weighted by Gasteiger charge is 2.34. The standard InChI is InChI=1S/C31H39N3O5S/c1-7-28(30(36)32-31(3,4)5)33(21-24-15-13-23(2)14-16-24)29(35)22-34(25-17-19-26(39-6)20-18-25)40(37,38)27-11-9-8-10-12-27/h8-20,28H,7,21-22H2,1-6H3,(H,32,36)/t28-/m0/s1. The predicted molar refractivity (Wildman–Crippen MR) is 158 cm³/mol. The van der Waals surface area contributed by atoms with Gasteiger partial charge in [0.15, 0.2) is 0 Å². The van der Waals surface area contributed by atoms with Gasteiger partial charge in [0, 0.05) is 12.1 Å². The van der Waals surface area contributed by atoms with Crippen LogP contribution in [0.15, 0.2) is 83.8 Å². The summed E-state index contributed by atoms with van der Waals surface area (Å²) in [5.74, 6) is -0.234. The highest BCUT2D eigenvalue weighted by atomic mass is 32.2. The van der Waals surface area contributed by atoms with Crippen LogP contribution in [0.1, 0.15) is 45.2 Å². The number of rotatable bonds is 11. The van der Waals surface area contributed by atoms with Crippen molar-refractivity contribution in [3.63, 3.8) is 0 Å². The van der Waals surface area contributed by atoms with Gasteiger partial charge in [0.1, 0.15) is 18.3 Å². The fourth-order valence-corrected chi connectivity index (χ4v) is 5.69. The van der Waals surface area contributed by atoms with Gasteiger partial charge >= 0.3 is 0 Å². The average Bonchev–Trinajstić information content (AvgIpc) is 2.92. The molecule has 2 amide bonds. The van der Waals surface area contributed by atoms with Gasteiger partial charge in [-0.25, -0.2) is 8.42 Å². The van der Waals surface area contributed by atoms with Crippen LogP contribution in [0.5, 0.6) is 5.75 Å². The Morgan fingerprint density at radius 1 is 0.925 bits per heavy atom. The third kappa shape index (κ3) is 7.85. The van der Waals surface area contributed by atoms with E-state index >= 15 is 0 Å². The van der Waals surface area contributed by atoms with Crippen LogP contribution in [-0.4, -0.2) is 50.4 Å². The Labute approximate surface area is 238 Å². The summed E-state index contributed by atoms with van der Waals surface area (Å²) in [7, 11) is -2.60. The molecule has 3 aromatic carbocycles. The van der Waals surface area contributed by atoms with Gasteiger partial charge < -0.3 is 15.0 Å². The molecule has 0 saturated heterocycles. The Kier molecular flexibility index (Phi) is 9.98. The summed E-state index contributed by atoms with van der Waals surface area (Å²) in [6, 6.07) is 21.4. The molecule has 0 aliphatic rings. The molecule has 0 aromatic heterocycles. The Hall–Kier alpha value is -3.85. The number of carbonyl (C=O) groups is 2. The van der Waals surface area contributed by atoms with Crippen LogP contribution < -0.4 is 14.4 Å². The van der Waals surface area contributed by atoms with Crippen molar-refractivity contribution in [2.75, 3.05) is 18.0 Å². The second-order valence-electron chi connectivity index (χ2n) is 10.7. The molecule has 0 fully saturated rings. The van der Waals surface area contributed by atoms with E-state index in [-0.39, 0.29) is 17.3 Å². The monoisotopic (exact) mass is 565 g/mol. The molecule has 0 saturated carbocycles. The lowest BCUT2D eigenvalue weighted by molar-refractivity contribution is -0.141. The van der Waals surface area contributed by atoms with Gasteiger partial charge in [0.25, 0.3) is 10.0 Å². The lowest BCUT2D eigenvalue weighted by atomic mass is 10.1. The van der Waals surface area contributed by atoms with Crippen molar-refractivity contribution in [1.82, 2.24) is 10.2 Å². The molecule has 40 heavy (non-hydrogen) atoms. The van der Waals surface area contributed by atoms with E-state index < -0.39 is 34.1 Å². The van der Waals surface area contributed by atoms with E-state index in [1.54, 1.807) is 42.5 Å². The van der Waals surface area contributed by atoms with E-state index in [0.29, 0.717) is 17.9 Å². The van der Waals surface area contributed by atoms with Crippen molar-refractivity contribution in [3.05, 3.63) is 90.0 Å². The number of nitrogens with one attached hydrogen (secondary N) is 1. The number of aryl methyl sites for hydroxylation is 1. The number of nitrogens with zero attached hydrogens (tertiary/aromatic N) is 2. The van der Waals surface area contributed by atoms with Crippen LogP contribution >= 0.6 is 0 Å². The number of methoxy groups -OCH3 is 1. The third-order valence-corrected chi connectivity index (χ3v) is 8.12. The Morgan fingerprint density at radius 2 is 1.52 bits per heavy atom. The highest BCUT2D eigenvalue weighted by molar-refractivity contribution is 7.92. The summed E-state index contributed by atoms with van der Waals surface area (Å²) in [5.41, 5.74) is 1.71. The van der Waals surface area contributed by atoms with Crippen LogP contribution in [0, 0.1) is 6.92 Å². The van der Waals surface area contributed by atoms with Crippen molar-refractivity contribution in [3.8, 4) is 5.75 Å². The number of carbonyl (C=O) groups excluding carboxylic acids is 2. The second kappa shape index (κ2) is 13.0. The second-order valence-corrected chi connectivity index (χ2v) is 12.6. The molecule has 0 aliphatic heterocycles. The molecule has 1 N–H and O–H groups in total. The molecule has 0 bridgehead atoms. The first kappa shape index (κ1) is 30.7. The number of benzene rings is 3. The maximum Gasteiger partial charge on any atom is 0.264 e. The first-order valence-corrected chi connectivity index (χ1v) is 14.7. The first-order valence-electron chi connectivity index (χ1n) is 13.2. The number of ether oxygens (including phenoxy) is 1. The van der Waals surface area contributed by atoms with Gasteiger partial charge in [0.2, 0.25) is 11.8 Å². The number of amides is 2. The molecule has 0 heterocycles. The smallest absolute Gasteiger partial charge is 0.264 e. The minimum absolute atomic E-state index is 0.0567. The maximum atomic E-state index is 14.1. The normalized spacial score (nSPS) is 12.3. The quantitative estimate of drug-likeness (QED) is 0.356. The number of hydrogen-bond acceptors (Lipinski definition) is 5. The zero-order valence-corrected chi connectivity index (χ0v) is 24.9. The van der Waals surface area contributed by atoms with Gasteiger partial charge in [-0.2, -0.15) is 0 Å². The van der Waals surface area contributed by atoms with Gasteiger partial charge in [-0.1, -0.05) is 55.0 Å². The lowest BCUT2D eigenvalue weighted by Gasteiger charge is -2.34. The fourth-order valence-electron chi connectivity index (χ4n) is 4.26. The predicted octanol–water partition coefficient (Wildman–Crippen LogP) is 4.92. The van der Waals surface area contributed by atoms with E-state index in [0.717, 1.165) is 15.4 Å². The maximum absolute atomic E-state index is 14.1. The van der Waals surface area contributed by atoms with Crippen molar-refractivity contribution in [1.29, 1.82) is 0 Å². The summed E-state index contributed by atoms with van der Waals surface area (Å²) < 4.78 is 34.0. The Morgan fingerprint density at radius 3 is 2.05 bits per heavy atom. The summed E-state index contributed by atoms with van der Waals surface area (Å²) in [4.78, 5) is 29.0. The zero-order chi connectivity index (χ0) is 29.5. The largest absolute Gasteiger partial charge is 0.497 e. The lowest BCUT2D eigenvalue weighted by Crippen LogP contribution is -2.55. The summed E-state index contributed by atoms with van der Waals surface area (Å²) in [6.07, 6.45) is 0.355. The van der Waals surface area contributed by atoms with E-state index in [2.05, 4.69) is 5.32 Å². The Bertz CT molecular complexity index is 1380. The van der Waals surface area contributed by atoms with Crippen LogP contribution in [0.3, 0.4) is 0 Å². The van der Waals surface area contributed by atoms with Crippen LogP contribution in [0.4, 0.5) is 5.69 Å². The van der Waals surface area contributed by atoms with Gasteiger partial charge in [0.05, 0.1) is 17.7 Å². The molecule has 0 unspecified atom stereocenters. The van der Waals surface area contributed by atoms with E-state index in [1.165, 1.54) is 24.1 Å². The Balaban J connectivity index is 2.06. The van der Waals surface area contributed by atoms with Crippen molar-refractivity contribution in [2.45, 2.75) is 64.1 Å². The third-order valence-electron chi connectivity index (χ3n) is 6.33. The minimum Gasteiger partial charge on any atom is -0.497 e. The number of anilines is 1. The van der Waals surface area contributed by atoms with Gasteiger partial charge in [-0.3, -0.25) is 13.9 Å². The average molecular weight is 566 g/mol. The van der Waals surface area contributed by atoms with Crippen molar-refractivity contribution in [2.24, 2.45) is 0 Å². The molecule has 1 atom stereocenters. The highest BCUT2D eigenvalue weighted by Crippen LogP contribution is 2.27.